The Morgan fingerprint density at radius 3 is 2.17 bits per heavy atom. The number of anilines is 2. The minimum Gasteiger partial charge on any atom is -0.497 e. The van der Waals surface area contributed by atoms with Crippen LogP contribution in [0.5, 0.6) is 17.2 Å². The zero-order valence-corrected chi connectivity index (χ0v) is 19.3. The number of hydrogen-bond acceptors (Lipinski definition) is 7. The lowest BCUT2D eigenvalue weighted by Gasteiger charge is -2.19. The summed E-state index contributed by atoms with van der Waals surface area (Å²) in [7, 11) is 2.86. The molecule has 178 valence electrons. The van der Waals surface area contributed by atoms with Gasteiger partial charge in [0, 0.05) is 11.8 Å². The van der Waals surface area contributed by atoms with Crippen LogP contribution in [-0.2, 0) is 9.59 Å². The summed E-state index contributed by atoms with van der Waals surface area (Å²) in [5, 5.41) is 2.52. The third kappa shape index (κ3) is 4.80. The highest BCUT2D eigenvalue weighted by molar-refractivity contribution is 6.53. The largest absolute Gasteiger partial charge is 0.497 e. The van der Waals surface area contributed by atoms with Gasteiger partial charge in [0.05, 0.1) is 25.5 Å². The molecule has 3 aromatic carbocycles. The van der Waals surface area contributed by atoms with E-state index in [1.807, 2.05) is 0 Å². The van der Waals surface area contributed by atoms with E-state index >= 15 is 0 Å². The minimum atomic E-state index is -0.731. The van der Waals surface area contributed by atoms with Gasteiger partial charge in [-0.05, 0) is 60.7 Å². The number of nitrogens with zero attached hydrogens (tertiary/aromatic N) is 1. The molecule has 2 amide bonds. The van der Waals surface area contributed by atoms with Crippen molar-refractivity contribution in [2.75, 3.05) is 24.4 Å². The fraction of sp³-hybridized carbons (Fsp3) is 0.0800. The Morgan fingerprint density at radius 2 is 1.54 bits per heavy atom. The van der Waals surface area contributed by atoms with E-state index in [0.29, 0.717) is 11.4 Å². The number of halogens is 2. The number of ether oxygens (including phenoxy) is 3. The predicted molar refractivity (Wildman–Crippen MR) is 126 cm³/mol. The molecule has 0 aromatic heterocycles. The second kappa shape index (κ2) is 9.86. The number of benzene rings is 3. The number of imide groups is 1. The number of esters is 1. The summed E-state index contributed by atoms with van der Waals surface area (Å²) in [5.41, 5.74) is 0.660. The maximum atomic E-state index is 13.1. The zero-order valence-electron chi connectivity index (χ0n) is 18.5. The Kier molecular flexibility index (Phi) is 6.70. The lowest BCUT2D eigenvalue weighted by atomic mass is 10.2. The molecule has 0 aliphatic carbocycles. The highest BCUT2D eigenvalue weighted by atomic mass is 35.5. The van der Waals surface area contributed by atoms with E-state index in [9.17, 15) is 18.8 Å². The van der Waals surface area contributed by atoms with Gasteiger partial charge in [-0.1, -0.05) is 11.6 Å². The van der Waals surface area contributed by atoms with Gasteiger partial charge in [-0.15, -0.1) is 0 Å². The first-order chi connectivity index (χ1) is 16.8. The van der Waals surface area contributed by atoms with E-state index in [2.05, 4.69) is 5.32 Å². The van der Waals surface area contributed by atoms with Crippen molar-refractivity contribution in [3.8, 4) is 17.2 Å². The van der Waals surface area contributed by atoms with Crippen LogP contribution in [0.3, 0.4) is 0 Å². The van der Waals surface area contributed by atoms with Gasteiger partial charge in [-0.3, -0.25) is 9.59 Å². The molecule has 10 heteroatoms. The zero-order chi connectivity index (χ0) is 25.1. The van der Waals surface area contributed by atoms with Crippen LogP contribution in [-0.4, -0.2) is 32.0 Å². The van der Waals surface area contributed by atoms with Crippen molar-refractivity contribution in [2.45, 2.75) is 0 Å². The van der Waals surface area contributed by atoms with Gasteiger partial charge in [-0.2, -0.15) is 0 Å². The highest BCUT2D eigenvalue weighted by Gasteiger charge is 2.40. The first-order valence-corrected chi connectivity index (χ1v) is 10.6. The van der Waals surface area contributed by atoms with Crippen molar-refractivity contribution in [3.05, 3.63) is 88.8 Å². The number of methoxy groups -OCH3 is 2. The van der Waals surface area contributed by atoms with Crippen molar-refractivity contribution in [1.29, 1.82) is 0 Å². The molecule has 3 aromatic rings. The van der Waals surface area contributed by atoms with E-state index in [4.69, 9.17) is 25.8 Å². The number of rotatable bonds is 7. The smallest absolute Gasteiger partial charge is 0.343 e. The van der Waals surface area contributed by atoms with E-state index in [0.717, 1.165) is 4.90 Å². The fourth-order valence-electron chi connectivity index (χ4n) is 3.30. The Bertz CT molecular complexity index is 1340. The van der Waals surface area contributed by atoms with Gasteiger partial charge < -0.3 is 19.5 Å². The van der Waals surface area contributed by atoms with Gasteiger partial charge in [-0.25, -0.2) is 14.1 Å². The second-order valence-electron chi connectivity index (χ2n) is 7.22. The van der Waals surface area contributed by atoms with Crippen molar-refractivity contribution < 1.29 is 33.0 Å². The molecule has 0 radical (unpaired) electrons. The van der Waals surface area contributed by atoms with Crippen LogP contribution in [0.2, 0.25) is 0 Å². The molecule has 0 bridgehead atoms. The Balaban J connectivity index is 1.51. The molecule has 4 rings (SSSR count). The molecule has 0 saturated heterocycles. The number of nitrogens with one attached hydrogen (secondary N) is 1. The lowest BCUT2D eigenvalue weighted by Crippen LogP contribution is -2.32. The SMILES string of the molecule is COc1ccc(OC)c(N2C(=O)C(Cl)=C(Nc3ccc(C(=O)Oc4ccc(F)cc4)cc3)C2=O)c1. The van der Waals surface area contributed by atoms with Crippen LogP contribution < -0.4 is 24.4 Å². The maximum Gasteiger partial charge on any atom is 0.343 e. The normalized spacial score (nSPS) is 13.2. The topological polar surface area (TPSA) is 94.2 Å². The molecule has 0 spiro atoms. The van der Waals surface area contributed by atoms with Crippen molar-refractivity contribution in [3.63, 3.8) is 0 Å². The van der Waals surface area contributed by atoms with E-state index in [-0.39, 0.29) is 33.5 Å². The summed E-state index contributed by atoms with van der Waals surface area (Å²) in [4.78, 5) is 39.1. The summed E-state index contributed by atoms with van der Waals surface area (Å²) >= 11 is 6.20. The highest BCUT2D eigenvalue weighted by Crippen LogP contribution is 2.38. The summed E-state index contributed by atoms with van der Waals surface area (Å²) in [6, 6.07) is 15.7. The van der Waals surface area contributed by atoms with Crippen LogP contribution in [0.25, 0.3) is 0 Å². The summed E-state index contributed by atoms with van der Waals surface area (Å²) in [6.07, 6.45) is 0. The first kappa shape index (κ1) is 23.8. The van der Waals surface area contributed by atoms with E-state index in [1.165, 1.54) is 68.8 Å². The second-order valence-corrected chi connectivity index (χ2v) is 7.60. The third-order valence-electron chi connectivity index (χ3n) is 5.07. The summed E-state index contributed by atoms with van der Waals surface area (Å²) in [6.45, 7) is 0. The van der Waals surface area contributed by atoms with Crippen LogP contribution in [0, 0.1) is 5.82 Å². The number of carbonyl (C=O) groups is 3. The number of hydrogen-bond donors (Lipinski definition) is 1. The first-order valence-electron chi connectivity index (χ1n) is 10.2. The van der Waals surface area contributed by atoms with Gasteiger partial charge in [0.25, 0.3) is 11.8 Å². The number of amides is 2. The van der Waals surface area contributed by atoms with Crippen molar-refractivity contribution in [2.24, 2.45) is 0 Å². The maximum absolute atomic E-state index is 13.1. The lowest BCUT2D eigenvalue weighted by molar-refractivity contribution is -0.120. The quantitative estimate of drug-likeness (QED) is 0.292. The molecule has 0 unspecified atom stereocenters. The van der Waals surface area contributed by atoms with E-state index in [1.54, 1.807) is 12.1 Å². The van der Waals surface area contributed by atoms with E-state index < -0.39 is 23.6 Å². The van der Waals surface area contributed by atoms with Gasteiger partial charge in [0.2, 0.25) is 0 Å². The van der Waals surface area contributed by atoms with Crippen molar-refractivity contribution >= 4 is 40.8 Å². The van der Waals surface area contributed by atoms with Crippen LogP contribution >= 0.6 is 11.6 Å². The average molecular weight is 497 g/mol. The Morgan fingerprint density at radius 1 is 0.886 bits per heavy atom. The van der Waals surface area contributed by atoms with Gasteiger partial charge in [0.1, 0.15) is 33.8 Å². The molecule has 1 aliphatic heterocycles. The molecular weight excluding hydrogens is 479 g/mol. The predicted octanol–water partition coefficient (Wildman–Crippen LogP) is 4.50. The third-order valence-corrected chi connectivity index (χ3v) is 5.42. The molecule has 0 fully saturated rings. The van der Waals surface area contributed by atoms with Gasteiger partial charge in [0.15, 0.2) is 0 Å². The Hall–Kier alpha value is -4.37. The standard InChI is InChI=1S/C25H18ClFN2O6/c1-33-18-11-12-20(34-2)19(13-18)29-23(30)21(26)22(24(29)31)28-16-7-3-14(4-8-16)25(32)35-17-9-5-15(27)6-10-17/h3-13,28H,1-2H3. The summed E-state index contributed by atoms with van der Waals surface area (Å²) < 4.78 is 28.7. The monoisotopic (exact) mass is 496 g/mol. The minimum absolute atomic E-state index is 0.136. The van der Waals surface area contributed by atoms with Crippen LogP contribution in [0.1, 0.15) is 10.4 Å². The van der Waals surface area contributed by atoms with Crippen LogP contribution in [0.4, 0.5) is 15.8 Å². The summed E-state index contributed by atoms with van der Waals surface area (Å²) in [5.74, 6) is -1.63. The molecule has 8 nitrogen and oxygen atoms in total. The molecule has 1 N–H and O–H groups in total. The molecule has 0 atom stereocenters. The molecule has 35 heavy (non-hydrogen) atoms. The average Bonchev–Trinajstić information content (AvgIpc) is 3.08. The van der Waals surface area contributed by atoms with Crippen molar-refractivity contribution in [1.82, 2.24) is 0 Å². The Labute approximate surface area is 204 Å². The van der Waals surface area contributed by atoms with Gasteiger partial charge >= 0.3 is 5.97 Å². The molecule has 0 saturated carbocycles. The molecular formula is C25H18ClFN2O6. The molecule has 1 heterocycles. The fourth-order valence-corrected chi connectivity index (χ4v) is 3.52. The van der Waals surface area contributed by atoms with Crippen LogP contribution in [0.15, 0.2) is 77.5 Å². The molecule has 1 aliphatic rings. The number of carbonyl (C=O) groups excluding carboxylic acids is 3.